The average Bonchev–Trinajstić information content (AvgIpc) is 2.98. The van der Waals surface area contributed by atoms with Crippen molar-refractivity contribution in [3.8, 4) is 0 Å². The van der Waals surface area contributed by atoms with Gasteiger partial charge in [-0.3, -0.25) is 9.59 Å². The molecule has 1 aromatic heterocycles. The smallest absolute Gasteiger partial charge is 0.225 e. The second-order valence-electron chi connectivity index (χ2n) is 5.07. The van der Waals surface area contributed by atoms with Gasteiger partial charge < -0.3 is 10.6 Å². The van der Waals surface area contributed by atoms with Gasteiger partial charge in [-0.1, -0.05) is 18.2 Å². The van der Waals surface area contributed by atoms with Gasteiger partial charge in [-0.15, -0.1) is 11.3 Å². The molecule has 0 atom stereocenters. The molecule has 2 aromatic rings. The second-order valence-corrected chi connectivity index (χ2v) is 6.10. The molecule has 21 heavy (non-hydrogen) atoms. The molecular formula is C16H16N2O2S. The summed E-state index contributed by atoms with van der Waals surface area (Å²) in [5.74, 6) is 0.1000. The summed E-state index contributed by atoms with van der Waals surface area (Å²) >= 11 is 1.59. The quantitative estimate of drug-likeness (QED) is 0.911. The Bertz CT molecular complexity index is 665. The molecule has 2 N–H and O–H groups in total. The van der Waals surface area contributed by atoms with Crippen LogP contribution >= 0.6 is 11.3 Å². The SMILES string of the molecule is O=C(Cc1cccs1)NCc1ccc2c(c1)CCC(=O)N2. The van der Waals surface area contributed by atoms with E-state index in [2.05, 4.69) is 16.7 Å². The highest BCUT2D eigenvalue weighted by Crippen LogP contribution is 2.23. The van der Waals surface area contributed by atoms with Crippen LogP contribution in [-0.2, 0) is 29.0 Å². The van der Waals surface area contributed by atoms with E-state index >= 15 is 0 Å². The number of aryl methyl sites for hydroxylation is 1. The Morgan fingerprint density at radius 3 is 3.00 bits per heavy atom. The highest BCUT2D eigenvalue weighted by atomic mass is 32.1. The van der Waals surface area contributed by atoms with E-state index in [0.717, 1.165) is 28.1 Å². The van der Waals surface area contributed by atoms with Crippen LogP contribution in [0.15, 0.2) is 35.7 Å². The van der Waals surface area contributed by atoms with Crippen molar-refractivity contribution in [3.63, 3.8) is 0 Å². The van der Waals surface area contributed by atoms with Gasteiger partial charge in [0.1, 0.15) is 0 Å². The topological polar surface area (TPSA) is 58.2 Å². The third-order valence-corrected chi connectivity index (χ3v) is 4.35. The van der Waals surface area contributed by atoms with Crippen LogP contribution in [0.25, 0.3) is 0 Å². The van der Waals surface area contributed by atoms with Crippen LogP contribution in [0.3, 0.4) is 0 Å². The van der Waals surface area contributed by atoms with Crippen molar-refractivity contribution >= 4 is 28.8 Å². The predicted octanol–water partition coefficient (Wildman–Crippen LogP) is 2.49. The molecule has 2 heterocycles. The molecule has 3 rings (SSSR count). The average molecular weight is 300 g/mol. The standard InChI is InChI=1S/C16H16N2O2S/c19-15-6-4-12-8-11(3-5-14(12)18-15)10-17-16(20)9-13-2-1-7-21-13/h1-3,5,7-8H,4,6,9-10H2,(H,17,20)(H,18,19). The number of benzene rings is 1. The minimum Gasteiger partial charge on any atom is -0.352 e. The Balaban J connectivity index is 1.58. The monoisotopic (exact) mass is 300 g/mol. The summed E-state index contributed by atoms with van der Waals surface area (Å²) in [4.78, 5) is 24.2. The number of hydrogen-bond donors (Lipinski definition) is 2. The molecule has 0 saturated carbocycles. The lowest BCUT2D eigenvalue weighted by atomic mass is 10.0. The summed E-state index contributed by atoms with van der Waals surface area (Å²) in [7, 11) is 0. The number of hydrogen-bond acceptors (Lipinski definition) is 3. The molecule has 1 aromatic carbocycles. The third kappa shape index (κ3) is 3.49. The zero-order valence-corrected chi connectivity index (χ0v) is 12.3. The van der Waals surface area contributed by atoms with Gasteiger partial charge in [0.25, 0.3) is 0 Å². The first kappa shape index (κ1) is 13.8. The number of carbonyl (C=O) groups is 2. The molecule has 2 amide bonds. The molecule has 0 unspecified atom stereocenters. The van der Waals surface area contributed by atoms with E-state index < -0.39 is 0 Å². The maximum absolute atomic E-state index is 11.9. The first-order chi connectivity index (χ1) is 10.2. The number of rotatable bonds is 4. The van der Waals surface area contributed by atoms with E-state index in [0.29, 0.717) is 19.4 Å². The first-order valence-corrected chi connectivity index (χ1v) is 7.79. The van der Waals surface area contributed by atoms with Gasteiger partial charge in [0.05, 0.1) is 6.42 Å². The van der Waals surface area contributed by atoms with Gasteiger partial charge in [0, 0.05) is 23.5 Å². The fourth-order valence-corrected chi connectivity index (χ4v) is 3.08. The van der Waals surface area contributed by atoms with E-state index in [9.17, 15) is 9.59 Å². The second kappa shape index (κ2) is 6.10. The summed E-state index contributed by atoms with van der Waals surface area (Å²) in [6.07, 6.45) is 1.72. The minimum absolute atomic E-state index is 0.0310. The molecule has 0 radical (unpaired) electrons. The van der Waals surface area contributed by atoms with Crippen molar-refractivity contribution in [2.24, 2.45) is 0 Å². The molecule has 4 nitrogen and oxygen atoms in total. The molecule has 0 bridgehead atoms. The van der Waals surface area contributed by atoms with E-state index in [-0.39, 0.29) is 11.8 Å². The summed E-state index contributed by atoms with van der Waals surface area (Å²) < 4.78 is 0. The Morgan fingerprint density at radius 2 is 2.19 bits per heavy atom. The van der Waals surface area contributed by atoms with Crippen molar-refractivity contribution in [3.05, 3.63) is 51.7 Å². The van der Waals surface area contributed by atoms with Crippen LogP contribution in [0.2, 0.25) is 0 Å². The third-order valence-electron chi connectivity index (χ3n) is 3.47. The normalized spacial score (nSPS) is 13.4. The fraction of sp³-hybridized carbons (Fsp3) is 0.250. The highest BCUT2D eigenvalue weighted by Gasteiger charge is 2.14. The molecule has 108 valence electrons. The van der Waals surface area contributed by atoms with Gasteiger partial charge >= 0.3 is 0 Å². The summed E-state index contributed by atoms with van der Waals surface area (Å²) in [6.45, 7) is 0.519. The molecule has 1 aliphatic heterocycles. The summed E-state index contributed by atoms with van der Waals surface area (Å²) in [5, 5.41) is 7.76. The van der Waals surface area contributed by atoms with Crippen LogP contribution in [0.4, 0.5) is 5.69 Å². The number of fused-ring (bicyclic) bond motifs is 1. The van der Waals surface area contributed by atoms with E-state index in [4.69, 9.17) is 0 Å². The van der Waals surface area contributed by atoms with Crippen molar-refractivity contribution in [2.75, 3.05) is 5.32 Å². The van der Waals surface area contributed by atoms with E-state index in [1.165, 1.54) is 0 Å². The number of nitrogens with one attached hydrogen (secondary N) is 2. The number of amides is 2. The van der Waals surface area contributed by atoms with Gasteiger partial charge in [-0.25, -0.2) is 0 Å². The molecule has 0 fully saturated rings. The first-order valence-electron chi connectivity index (χ1n) is 6.91. The summed E-state index contributed by atoms with van der Waals surface area (Å²) in [5.41, 5.74) is 3.09. The molecule has 0 aliphatic carbocycles. The molecule has 0 spiro atoms. The van der Waals surface area contributed by atoms with Gasteiger partial charge in [-0.05, 0) is 35.1 Å². The summed E-state index contributed by atoms with van der Waals surface area (Å²) in [6, 6.07) is 9.82. The largest absolute Gasteiger partial charge is 0.352 e. The van der Waals surface area contributed by atoms with E-state index in [1.807, 2.05) is 29.6 Å². The minimum atomic E-state index is 0.0310. The number of thiophene rings is 1. The molecular weight excluding hydrogens is 284 g/mol. The van der Waals surface area contributed by atoms with Crippen LogP contribution in [0, 0.1) is 0 Å². The Morgan fingerprint density at radius 1 is 1.29 bits per heavy atom. The lowest BCUT2D eigenvalue weighted by Gasteiger charge is -2.17. The predicted molar refractivity (Wildman–Crippen MR) is 83.3 cm³/mol. The lowest BCUT2D eigenvalue weighted by Crippen LogP contribution is -2.24. The molecule has 5 heteroatoms. The highest BCUT2D eigenvalue weighted by molar-refractivity contribution is 7.10. The van der Waals surface area contributed by atoms with E-state index in [1.54, 1.807) is 11.3 Å². The maximum Gasteiger partial charge on any atom is 0.225 e. The van der Waals surface area contributed by atoms with Crippen LogP contribution in [0.1, 0.15) is 22.4 Å². The number of anilines is 1. The van der Waals surface area contributed by atoms with Gasteiger partial charge in [0.15, 0.2) is 0 Å². The Kier molecular flexibility index (Phi) is 4.01. The van der Waals surface area contributed by atoms with Crippen molar-refractivity contribution in [2.45, 2.75) is 25.8 Å². The molecule has 0 saturated heterocycles. The number of carbonyl (C=O) groups excluding carboxylic acids is 2. The Labute approximate surface area is 127 Å². The Hall–Kier alpha value is -2.14. The van der Waals surface area contributed by atoms with Crippen LogP contribution in [0.5, 0.6) is 0 Å². The van der Waals surface area contributed by atoms with Crippen molar-refractivity contribution < 1.29 is 9.59 Å². The zero-order chi connectivity index (χ0) is 14.7. The van der Waals surface area contributed by atoms with Gasteiger partial charge in [-0.2, -0.15) is 0 Å². The van der Waals surface area contributed by atoms with Gasteiger partial charge in [0.2, 0.25) is 11.8 Å². The maximum atomic E-state index is 11.9. The molecule has 1 aliphatic rings. The fourth-order valence-electron chi connectivity index (χ4n) is 2.38. The zero-order valence-electron chi connectivity index (χ0n) is 11.5. The van der Waals surface area contributed by atoms with Crippen molar-refractivity contribution in [1.29, 1.82) is 0 Å². The van der Waals surface area contributed by atoms with Crippen molar-refractivity contribution in [1.82, 2.24) is 5.32 Å². The van der Waals surface area contributed by atoms with Crippen LogP contribution < -0.4 is 10.6 Å². The van der Waals surface area contributed by atoms with Crippen LogP contribution in [-0.4, -0.2) is 11.8 Å². The lowest BCUT2D eigenvalue weighted by molar-refractivity contribution is -0.120.